The normalized spacial score (nSPS) is 23.5. The first-order chi connectivity index (χ1) is 17.8. The molecule has 0 amide bonds. The molecule has 0 saturated carbocycles. The van der Waals surface area contributed by atoms with Gasteiger partial charge in [-0.2, -0.15) is 0 Å². The van der Waals surface area contributed by atoms with Gasteiger partial charge in [0.1, 0.15) is 13.6 Å². The molecule has 2 heterocycles. The Morgan fingerprint density at radius 3 is 1.81 bits per heavy atom. The second kappa shape index (κ2) is 21.4. The number of hydrogen-bond donors (Lipinski definition) is 0. The molecule has 0 spiro atoms. The summed E-state index contributed by atoms with van der Waals surface area (Å²) in [5.41, 5.74) is 0. The van der Waals surface area contributed by atoms with E-state index in [0.717, 1.165) is 51.6 Å². The summed E-state index contributed by atoms with van der Waals surface area (Å²) in [5, 5.41) is 0. The molecule has 0 unspecified atom stereocenters. The van der Waals surface area contributed by atoms with Gasteiger partial charge in [-0.05, 0) is 44.9 Å². The molecule has 0 aromatic carbocycles. The van der Waals surface area contributed by atoms with Crippen molar-refractivity contribution in [3.63, 3.8) is 0 Å². The van der Waals surface area contributed by atoms with Crippen LogP contribution in [0.25, 0.3) is 0 Å². The number of epoxide rings is 1. The molecule has 212 valence electrons. The molecule has 0 aromatic heterocycles. The van der Waals surface area contributed by atoms with Gasteiger partial charge in [0, 0.05) is 14.2 Å². The predicted molar refractivity (Wildman–Crippen MR) is 145 cm³/mol. The molecule has 6 nitrogen and oxygen atoms in total. The topological polar surface area (TPSA) is 58.7 Å². The van der Waals surface area contributed by atoms with Crippen molar-refractivity contribution in [1.82, 2.24) is 0 Å². The number of ether oxygens (including phenoxy) is 6. The van der Waals surface area contributed by atoms with Crippen molar-refractivity contribution in [3.05, 3.63) is 12.2 Å². The Morgan fingerprint density at radius 2 is 1.25 bits per heavy atom. The van der Waals surface area contributed by atoms with Gasteiger partial charge in [-0.3, -0.25) is 0 Å². The summed E-state index contributed by atoms with van der Waals surface area (Å²) in [6, 6.07) is 0. The highest BCUT2D eigenvalue weighted by Gasteiger charge is 2.36. The molecule has 6 heteroatoms. The van der Waals surface area contributed by atoms with Crippen LogP contribution >= 0.6 is 0 Å². The fourth-order valence-corrected chi connectivity index (χ4v) is 5.15. The number of unbranched alkanes of at least 4 members (excludes halogenated alkanes) is 9. The van der Waals surface area contributed by atoms with Crippen LogP contribution in [-0.2, 0) is 28.4 Å². The number of rotatable bonds is 25. The Labute approximate surface area is 221 Å². The van der Waals surface area contributed by atoms with Crippen LogP contribution in [0.5, 0.6) is 0 Å². The maximum atomic E-state index is 6.54. The van der Waals surface area contributed by atoms with Crippen molar-refractivity contribution in [2.24, 2.45) is 0 Å². The van der Waals surface area contributed by atoms with Crippen molar-refractivity contribution in [2.75, 3.05) is 34.4 Å². The van der Waals surface area contributed by atoms with Crippen LogP contribution in [0, 0.1) is 0 Å². The first-order valence-electron chi connectivity index (χ1n) is 14.9. The molecule has 36 heavy (non-hydrogen) atoms. The minimum absolute atomic E-state index is 0.0479. The summed E-state index contributed by atoms with van der Waals surface area (Å²) in [6.45, 7) is 3.85. The second-order valence-electron chi connectivity index (χ2n) is 10.6. The molecular weight excluding hydrogens is 456 g/mol. The average Bonchev–Trinajstić information content (AvgIpc) is 3.59. The monoisotopic (exact) mass is 512 g/mol. The van der Waals surface area contributed by atoms with E-state index < -0.39 is 0 Å². The zero-order valence-corrected chi connectivity index (χ0v) is 23.6. The van der Waals surface area contributed by atoms with Gasteiger partial charge in [0.15, 0.2) is 0 Å². The summed E-state index contributed by atoms with van der Waals surface area (Å²) in [4.78, 5) is 0. The Morgan fingerprint density at radius 1 is 0.722 bits per heavy atom. The van der Waals surface area contributed by atoms with Gasteiger partial charge >= 0.3 is 0 Å². The first kappa shape index (κ1) is 31.7. The molecule has 0 N–H and O–H groups in total. The van der Waals surface area contributed by atoms with Gasteiger partial charge in [0.2, 0.25) is 0 Å². The van der Waals surface area contributed by atoms with Gasteiger partial charge in [0.25, 0.3) is 0 Å². The van der Waals surface area contributed by atoms with E-state index in [1.807, 2.05) is 0 Å². The molecule has 5 atom stereocenters. The first-order valence-corrected chi connectivity index (χ1v) is 14.9. The second-order valence-corrected chi connectivity index (χ2v) is 10.6. The van der Waals surface area contributed by atoms with E-state index in [1.165, 1.54) is 64.2 Å². The summed E-state index contributed by atoms with van der Waals surface area (Å²) in [6.07, 6.45) is 26.1. The Kier molecular flexibility index (Phi) is 18.9. The van der Waals surface area contributed by atoms with Crippen LogP contribution in [0.1, 0.15) is 116 Å². The summed E-state index contributed by atoms with van der Waals surface area (Å²) in [5.74, 6) is 0. The van der Waals surface area contributed by atoms with Crippen molar-refractivity contribution in [2.45, 2.75) is 147 Å². The zero-order valence-electron chi connectivity index (χ0n) is 23.6. The SMILES string of the molecule is CCCCCCCCCCCC[C@@H](OCOC)[C@H]1CC[C@H]([C@@H](CC/C=C/CC[C@@H]2CO2)OCOC)O1. The molecule has 0 aromatic rings. The molecule has 2 rings (SSSR count). The molecular formula is C30H56O6. The Hall–Kier alpha value is -0.500. The van der Waals surface area contributed by atoms with E-state index in [2.05, 4.69) is 19.1 Å². The van der Waals surface area contributed by atoms with E-state index in [0.29, 0.717) is 19.7 Å². The highest BCUT2D eigenvalue weighted by Crippen LogP contribution is 2.31. The third-order valence-corrected chi connectivity index (χ3v) is 7.40. The largest absolute Gasteiger partial charge is 0.373 e. The van der Waals surface area contributed by atoms with E-state index >= 15 is 0 Å². The van der Waals surface area contributed by atoms with Crippen LogP contribution in [0.15, 0.2) is 12.2 Å². The van der Waals surface area contributed by atoms with E-state index in [9.17, 15) is 0 Å². The van der Waals surface area contributed by atoms with Gasteiger partial charge in [-0.25, -0.2) is 0 Å². The van der Waals surface area contributed by atoms with Crippen LogP contribution < -0.4 is 0 Å². The minimum Gasteiger partial charge on any atom is -0.373 e. The number of hydrogen-bond acceptors (Lipinski definition) is 6. The highest BCUT2D eigenvalue weighted by molar-refractivity contribution is 4.89. The lowest BCUT2D eigenvalue weighted by Crippen LogP contribution is -2.34. The molecule has 0 radical (unpaired) electrons. The average molecular weight is 513 g/mol. The van der Waals surface area contributed by atoms with Crippen molar-refractivity contribution >= 4 is 0 Å². The standard InChI is InChI=1S/C30H56O6/c1-4-5-6-7-8-9-10-11-12-16-19-27(34-24-31-2)29-21-22-30(36-29)28(35-25-32-3)20-17-14-13-15-18-26-23-33-26/h13-14,26-30H,4-12,15-25H2,1-3H3/b14-13+/t26-,27-,28-,29-,30-/m1/s1. The number of methoxy groups -OCH3 is 2. The lowest BCUT2D eigenvalue weighted by Gasteiger charge is -2.27. The van der Waals surface area contributed by atoms with Gasteiger partial charge in [-0.1, -0.05) is 83.3 Å². The van der Waals surface area contributed by atoms with Crippen LogP contribution in [0.2, 0.25) is 0 Å². The third kappa shape index (κ3) is 15.0. The maximum absolute atomic E-state index is 6.54. The van der Waals surface area contributed by atoms with E-state index in [-0.39, 0.29) is 24.4 Å². The zero-order chi connectivity index (χ0) is 25.7. The predicted octanol–water partition coefficient (Wildman–Crippen LogP) is 7.34. The van der Waals surface area contributed by atoms with E-state index in [4.69, 9.17) is 28.4 Å². The van der Waals surface area contributed by atoms with E-state index in [1.54, 1.807) is 14.2 Å². The van der Waals surface area contributed by atoms with Crippen LogP contribution in [-0.4, -0.2) is 64.9 Å². The minimum atomic E-state index is 0.0479. The third-order valence-electron chi connectivity index (χ3n) is 7.40. The smallest absolute Gasteiger partial charge is 0.146 e. The summed E-state index contributed by atoms with van der Waals surface area (Å²) < 4.78 is 34.4. The van der Waals surface area contributed by atoms with Gasteiger partial charge < -0.3 is 28.4 Å². The van der Waals surface area contributed by atoms with Crippen molar-refractivity contribution in [3.8, 4) is 0 Å². The fraction of sp³-hybridized carbons (Fsp3) is 0.933. The highest BCUT2D eigenvalue weighted by atomic mass is 16.7. The molecule has 2 aliphatic heterocycles. The molecule has 0 aliphatic carbocycles. The Bertz CT molecular complexity index is 524. The maximum Gasteiger partial charge on any atom is 0.146 e. The lowest BCUT2D eigenvalue weighted by molar-refractivity contribution is -0.158. The summed E-state index contributed by atoms with van der Waals surface area (Å²) in [7, 11) is 3.37. The molecule has 2 saturated heterocycles. The molecule has 0 bridgehead atoms. The lowest BCUT2D eigenvalue weighted by atomic mass is 10.0. The van der Waals surface area contributed by atoms with Gasteiger partial charge in [0.05, 0.1) is 37.1 Å². The quantitative estimate of drug-likeness (QED) is 0.0552. The van der Waals surface area contributed by atoms with Gasteiger partial charge in [-0.15, -0.1) is 0 Å². The molecule has 2 aliphatic rings. The van der Waals surface area contributed by atoms with Crippen molar-refractivity contribution < 1.29 is 28.4 Å². The Balaban J connectivity index is 1.67. The molecule has 2 fully saturated rings. The van der Waals surface area contributed by atoms with Crippen LogP contribution in [0.3, 0.4) is 0 Å². The number of allylic oxidation sites excluding steroid dienone is 2. The summed E-state index contributed by atoms with van der Waals surface area (Å²) >= 11 is 0. The van der Waals surface area contributed by atoms with Crippen molar-refractivity contribution in [1.29, 1.82) is 0 Å². The fourth-order valence-electron chi connectivity index (χ4n) is 5.15. The van der Waals surface area contributed by atoms with Crippen LogP contribution in [0.4, 0.5) is 0 Å².